The van der Waals surface area contributed by atoms with Gasteiger partial charge in [-0.1, -0.05) is 36.4 Å². The van der Waals surface area contributed by atoms with Gasteiger partial charge < -0.3 is 10.2 Å². The Morgan fingerprint density at radius 1 is 1.13 bits per heavy atom. The second kappa shape index (κ2) is 9.73. The van der Waals surface area contributed by atoms with Gasteiger partial charge in [-0.25, -0.2) is 4.39 Å². The van der Waals surface area contributed by atoms with Crippen molar-refractivity contribution in [3.8, 4) is 11.4 Å². The molecular formula is C21H23FN6O2. The van der Waals surface area contributed by atoms with E-state index >= 15 is 0 Å². The van der Waals surface area contributed by atoms with Gasteiger partial charge in [0.05, 0.1) is 6.54 Å². The fourth-order valence-corrected chi connectivity index (χ4v) is 2.87. The van der Waals surface area contributed by atoms with E-state index in [4.69, 9.17) is 0 Å². The molecule has 1 heterocycles. The first-order chi connectivity index (χ1) is 14.5. The predicted octanol–water partition coefficient (Wildman–Crippen LogP) is 1.95. The number of hydrogen-bond donors (Lipinski definition) is 1. The van der Waals surface area contributed by atoms with Crippen molar-refractivity contribution in [3.63, 3.8) is 0 Å². The number of aromatic nitrogens is 4. The molecule has 1 aromatic heterocycles. The molecule has 0 bridgehead atoms. The summed E-state index contributed by atoms with van der Waals surface area (Å²) in [7, 11) is 0. The van der Waals surface area contributed by atoms with Gasteiger partial charge in [-0.15, -0.1) is 10.2 Å². The zero-order valence-electron chi connectivity index (χ0n) is 16.9. The lowest BCUT2D eigenvalue weighted by molar-refractivity contribution is -0.136. The second-order valence-corrected chi connectivity index (χ2v) is 6.77. The predicted molar refractivity (Wildman–Crippen MR) is 108 cm³/mol. The third kappa shape index (κ3) is 5.47. The molecule has 0 aliphatic rings. The summed E-state index contributed by atoms with van der Waals surface area (Å²) in [4.78, 5) is 27.4. The maximum absolute atomic E-state index is 12.9. The summed E-state index contributed by atoms with van der Waals surface area (Å²) in [5, 5.41) is 15.0. The second-order valence-electron chi connectivity index (χ2n) is 6.77. The molecule has 0 saturated heterocycles. The van der Waals surface area contributed by atoms with E-state index in [1.54, 1.807) is 19.1 Å². The highest BCUT2D eigenvalue weighted by Crippen LogP contribution is 2.17. The van der Waals surface area contributed by atoms with Gasteiger partial charge in [0.25, 0.3) is 0 Å². The Kier molecular flexibility index (Phi) is 6.84. The molecule has 2 aromatic carbocycles. The minimum Gasteiger partial charge on any atom is -0.350 e. The van der Waals surface area contributed by atoms with Gasteiger partial charge >= 0.3 is 0 Å². The van der Waals surface area contributed by atoms with Crippen LogP contribution in [0, 0.1) is 12.7 Å². The number of carbonyl (C=O) groups is 2. The molecule has 3 rings (SSSR count). The lowest BCUT2D eigenvalue weighted by Gasteiger charge is -2.20. The van der Waals surface area contributed by atoms with Crippen LogP contribution in [0.4, 0.5) is 4.39 Å². The average Bonchev–Trinajstić information content (AvgIpc) is 3.20. The first kappa shape index (κ1) is 21.1. The summed E-state index contributed by atoms with van der Waals surface area (Å²) in [6.07, 6.45) is 0. The number of tetrazole rings is 1. The fraction of sp³-hybridized carbons (Fsp3) is 0.286. The molecule has 0 radical (unpaired) electrons. The standard InChI is InChI=1S/C21H23FN6O2/c1-3-27(13-19(29)23-12-16-8-10-17(22)11-9-16)20(30)14-28-25-21(24-26-28)18-7-5-4-6-15(18)2/h4-11H,3,12-14H2,1-2H3,(H,23,29). The van der Waals surface area contributed by atoms with E-state index < -0.39 is 0 Å². The summed E-state index contributed by atoms with van der Waals surface area (Å²) >= 11 is 0. The van der Waals surface area contributed by atoms with E-state index in [0.717, 1.165) is 16.7 Å². The maximum atomic E-state index is 12.9. The lowest BCUT2D eigenvalue weighted by Crippen LogP contribution is -2.42. The van der Waals surface area contributed by atoms with Gasteiger partial charge in [0.1, 0.15) is 12.4 Å². The van der Waals surface area contributed by atoms with Crippen LogP contribution in [0.1, 0.15) is 18.1 Å². The van der Waals surface area contributed by atoms with Crippen molar-refractivity contribution < 1.29 is 14.0 Å². The normalized spacial score (nSPS) is 10.6. The topological polar surface area (TPSA) is 93.0 Å². The van der Waals surface area contributed by atoms with Gasteiger partial charge in [-0.2, -0.15) is 4.80 Å². The SMILES string of the molecule is CCN(CC(=O)NCc1ccc(F)cc1)C(=O)Cn1nnc(-c2ccccc2C)n1. The van der Waals surface area contributed by atoms with Crippen LogP contribution in [0.25, 0.3) is 11.4 Å². The third-order valence-corrected chi connectivity index (χ3v) is 4.59. The Morgan fingerprint density at radius 3 is 2.57 bits per heavy atom. The Bertz CT molecular complexity index is 1020. The highest BCUT2D eigenvalue weighted by molar-refractivity contribution is 5.84. The number of halogens is 1. The molecule has 0 spiro atoms. The lowest BCUT2D eigenvalue weighted by atomic mass is 10.1. The van der Waals surface area contributed by atoms with Crippen molar-refractivity contribution in [1.82, 2.24) is 30.4 Å². The number of aryl methyl sites for hydroxylation is 1. The van der Waals surface area contributed by atoms with Crippen LogP contribution in [0.15, 0.2) is 48.5 Å². The van der Waals surface area contributed by atoms with Crippen molar-refractivity contribution in [3.05, 3.63) is 65.5 Å². The third-order valence-electron chi connectivity index (χ3n) is 4.59. The van der Waals surface area contributed by atoms with Crippen molar-refractivity contribution in [2.24, 2.45) is 0 Å². The van der Waals surface area contributed by atoms with E-state index in [9.17, 15) is 14.0 Å². The Balaban J connectivity index is 1.55. The largest absolute Gasteiger partial charge is 0.350 e. The zero-order valence-corrected chi connectivity index (χ0v) is 16.9. The van der Waals surface area contributed by atoms with Crippen LogP contribution < -0.4 is 5.32 Å². The minimum atomic E-state index is -0.333. The van der Waals surface area contributed by atoms with Crippen LogP contribution >= 0.6 is 0 Å². The van der Waals surface area contributed by atoms with Crippen molar-refractivity contribution in [2.45, 2.75) is 26.9 Å². The van der Waals surface area contributed by atoms with Crippen LogP contribution in [-0.4, -0.2) is 50.0 Å². The van der Waals surface area contributed by atoms with E-state index in [1.807, 2.05) is 31.2 Å². The molecule has 9 heteroatoms. The van der Waals surface area contributed by atoms with E-state index in [0.29, 0.717) is 12.4 Å². The van der Waals surface area contributed by atoms with Gasteiger partial charge in [0, 0.05) is 18.7 Å². The van der Waals surface area contributed by atoms with Crippen LogP contribution in [0.2, 0.25) is 0 Å². The molecule has 2 amide bonds. The average molecular weight is 410 g/mol. The maximum Gasteiger partial charge on any atom is 0.246 e. The van der Waals surface area contributed by atoms with Crippen LogP contribution in [0.5, 0.6) is 0 Å². The molecule has 3 aromatic rings. The number of carbonyl (C=O) groups excluding carboxylic acids is 2. The van der Waals surface area contributed by atoms with Crippen molar-refractivity contribution >= 4 is 11.8 Å². The molecule has 0 aliphatic heterocycles. The van der Waals surface area contributed by atoms with E-state index in [1.165, 1.54) is 21.8 Å². The van der Waals surface area contributed by atoms with Crippen molar-refractivity contribution in [1.29, 1.82) is 0 Å². The molecular weight excluding hydrogens is 387 g/mol. The molecule has 8 nitrogen and oxygen atoms in total. The minimum absolute atomic E-state index is 0.0874. The van der Waals surface area contributed by atoms with Gasteiger partial charge in [-0.05, 0) is 42.3 Å². The molecule has 0 aliphatic carbocycles. The molecule has 0 unspecified atom stereocenters. The van der Waals surface area contributed by atoms with Gasteiger partial charge in [0.2, 0.25) is 17.6 Å². The highest BCUT2D eigenvalue weighted by atomic mass is 19.1. The Morgan fingerprint density at radius 2 is 1.87 bits per heavy atom. The summed E-state index contributed by atoms with van der Waals surface area (Å²) in [5.41, 5.74) is 2.63. The van der Waals surface area contributed by atoms with Crippen LogP contribution in [0.3, 0.4) is 0 Å². The van der Waals surface area contributed by atoms with Crippen molar-refractivity contribution in [2.75, 3.05) is 13.1 Å². The van der Waals surface area contributed by atoms with E-state index in [-0.39, 0.29) is 37.3 Å². The number of likely N-dealkylation sites (N-methyl/N-ethyl adjacent to an activating group) is 1. The summed E-state index contributed by atoms with van der Waals surface area (Å²) in [6.45, 7) is 4.16. The van der Waals surface area contributed by atoms with E-state index in [2.05, 4.69) is 20.7 Å². The zero-order chi connectivity index (χ0) is 21.5. The molecule has 0 fully saturated rings. The number of nitrogens with one attached hydrogen (secondary N) is 1. The molecule has 0 saturated carbocycles. The molecule has 0 atom stereocenters. The molecule has 1 N–H and O–H groups in total. The number of rotatable bonds is 8. The molecule has 156 valence electrons. The summed E-state index contributed by atoms with van der Waals surface area (Å²) < 4.78 is 12.9. The molecule has 30 heavy (non-hydrogen) atoms. The number of hydrogen-bond acceptors (Lipinski definition) is 5. The number of nitrogens with zero attached hydrogens (tertiary/aromatic N) is 5. The number of amides is 2. The smallest absolute Gasteiger partial charge is 0.246 e. The first-order valence-electron chi connectivity index (χ1n) is 9.59. The first-order valence-corrected chi connectivity index (χ1v) is 9.59. The Labute approximate surface area is 173 Å². The highest BCUT2D eigenvalue weighted by Gasteiger charge is 2.18. The van der Waals surface area contributed by atoms with Crippen LogP contribution in [-0.2, 0) is 22.7 Å². The fourth-order valence-electron chi connectivity index (χ4n) is 2.87. The number of benzene rings is 2. The summed E-state index contributed by atoms with van der Waals surface area (Å²) in [6, 6.07) is 13.5. The van der Waals surface area contributed by atoms with Gasteiger partial charge in [0.15, 0.2) is 0 Å². The quantitative estimate of drug-likeness (QED) is 0.613. The summed E-state index contributed by atoms with van der Waals surface area (Å²) in [5.74, 6) is -0.481. The Hall–Kier alpha value is -3.62. The monoisotopic (exact) mass is 410 g/mol. The van der Waals surface area contributed by atoms with Gasteiger partial charge in [-0.3, -0.25) is 9.59 Å².